The van der Waals surface area contributed by atoms with E-state index in [-0.39, 0.29) is 7.43 Å². The summed E-state index contributed by atoms with van der Waals surface area (Å²) in [6.45, 7) is 4.29. The first-order valence-corrected chi connectivity index (χ1v) is 5.07. The molecule has 0 spiro atoms. The molecule has 0 saturated heterocycles. The quantitative estimate of drug-likeness (QED) is 0.602. The molecule has 1 aliphatic rings. The lowest BCUT2D eigenvalue weighted by molar-refractivity contribution is 1.19. The Morgan fingerprint density at radius 1 is 1.19 bits per heavy atom. The fraction of sp³-hybridized carbons (Fsp3) is 0.250. The van der Waals surface area contributed by atoms with Crippen molar-refractivity contribution in [3.05, 3.63) is 53.1 Å². The normalized spacial score (nSPS) is 12.8. The maximum absolute atomic E-state index is 4.00. The molecule has 0 saturated carbocycles. The second kappa shape index (κ2) is 6.69. The van der Waals surface area contributed by atoms with Gasteiger partial charge in [-0.3, -0.25) is 0 Å². The predicted octanol–water partition coefficient (Wildman–Crippen LogP) is 4.48. The Morgan fingerprint density at radius 3 is 2.44 bits per heavy atom. The Bertz CT molecular complexity index is 417. The number of fused-ring (bicyclic) bond motifs is 1. The number of hydrogen-bond acceptors (Lipinski definition) is 0. The van der Waals surface area contributed by atoms with Crippen LogP contribution in [0.25, 0.3) is 5.57 Å². The van der Waals surface area contributed by atoms with E-state index in [9.17, 15) is 0 Å². The van der Waals surface area contributed by atoms with E-state index in [2.05, 4.69) is 63.1 Å². The summed E-state index contributed by atoms with van der Waals surface area (Å²) >= 11 is 0. The van der Waals surface area contributed by atoms with E-state index in [0.717, 1.165) is 6.42 Å². The van der Waals surface area contributed by atoms with Crippen LogP contribution >= 0.6 is 0 Å². The topological polar surface area (TPSA) is 0 Å². The fourth-order valence-electron chi connectivity index (χ4n) is 1.95. The molecule has 84 valence electrons. The van der Waals surface area contributed by atoms with Gasteiger partial charge in [-0.2, -0.15) is 0 Å². The van der Waals surface area contributed by atoms with Crippen molar-refractivity contribution in [2.24, 2.45) is 0 Å². The molecule has 0 unspecified atom stereocenters. The van der Waals surface area contributed by atoms with Crippen LogP contribution in [0.4, 0.5) is 0 Å². The fourth-order valence-corrected chi connectivity index (χ4v) is 1.95. The first-order chi connectivity index (χ1) is 7.33. The van der Waals surface area contributed by atoms with Crippen molar-refractivity contribution < 1.29 is 0 Å². The third-order valence-electron chi connectivity index (χ3n) is 2.56. The second-order valence-electron chi connectivity index (χ2n) is 3.53. The van der Waals surface area contributed by atoms with Crippen LogP contribution in [0.1, 0.15) is 32.4 Å². The summed E-state index contributed by atoms with van der Waals surface area (Å²) in [5, 5.41) is 0. The van der Waals surface area contributed by atoms with Gasteiger partial charge < -0.3 is 0 Å². The Balaban J connectivity index is 0.000000711. The van der Waals surface area contributed by atoms with Crippen molar-refractivity contribution >= 4 is 5.57 Å². The SMILES string of the molecule is C.C#C.C/C=C\C1=C(C)Cc2ccccc21. The highest BCUT2D eigenvalue weighted by Crippen LogP contribution is 2.32. The van der Waals surface area contributed by atoms with Crippen molar-refractivity contribution in [1.82, 2.24) is 0 Å². The van der Waals surface area contributed by atoms with Gasteiger partial charge in [0.25, 0.3) is 0 Å². The zero-order valence-electron chi connectivity index (χ0n) is 9.33. The smallest absolute Gasteiger partial charge is 0.00545 e. The molecule has 0 bridgehead atoms. The molecule has 0 nitrogen and oxygen atoms in total. The van der Waals surface area contributed by atoms with E-state index in [0.29, 0.717) is 0 Å². The zero-order chi connectivity index (χ0) is 11.3. The molecule has 0 heteroatoms. The molecular weight excluding hydrogens is 192 g/mol. The van der Waals surface area contributed by atoms with Gasteiger partial charge in [0.2, 0.25) is 0 Å². The van der Waals surface area contributed by atoms with Crippen molar-refractivity contribution in [1.29, 1.82) is 0 Å². The van der Waals surface area contributed by atoms with E-state index in [4.69, 9.17) is 0 Å². The lowest BCUT2D eigenvalue weighted by Gasteiger charge is -1.99. The molecule has 0 fully saturated rings. The van der Waals surface area contributed by atoms with Crippen LogP contribution in [0, 0.1) is 12.8 Å². The van der Waals surface area contributed by atoms with Crippen LogP contribution in [0.2, 0.25) is 0 Å². The number of terminal acetylenes is 1. The molecule has 0 aromatic heterocycles. The van der Waals surface area contributed by atoms with Crippen LogP contribution in [-0.4, -0.2) is 0 Å². The van der Waals surface area contributed by atoms with E-state index >= 15 is 0 Å². The van der Waals surface area contributed by atoms with Gasteiger partial charge in [-0.25, -0.2) is 0 Å². The minimum Gasteiger partial charge on any atom is -0.124 e. The molecule has 1 aromatic carbocycles. The standard InChI is InChI=1S/C13H14.C2H2.CH4/c1-3-6-12-10(2)9-11-7-4-5-8-13(11)12;1-2;/h3-8H,9H2,1-2H3;1-2H;1H4/b6-3-;;. The number of hydrogen-bond donors (Lipinski definition) is 0. The largest absolute Gasteiger partial charge is 0.124 e. The minimum atomic E-state index is 0. The van der Waals surface area contributed by atoms with Gasteiger partial charge >= 0.3 is 0 Å². The Morgan fingerprint density at radius 2 is 1.81 bits per heavy atom. The molecule has 1 aromatic rings. The van der Waals surface area contributed by atoms with Crippen LogP contribution < -0.4 is 0 Å². The first-order valence-electron chi connectivity index (χ1n) is 5.07. The summed E-state index contributed by atoms with van der Waals surface area (Å²) in [5.41, 5.74) is 5.78. The van der Waals surface area contributed by atoms with Gasteiger partial charge in [0.1, 0.15) is 0 Å². The Kier molecular flexibility index (Phi) is 5.96. The van der Waals surface area contributed by atoms with Crippen molar-refractivity contribution in [2.75, 3.05) is 0 Å². The molecule has 0 aliphatic heterocycles. The summed E-state index contributed by atoms with van der Waals surface area (Å²) in [7, 11) is 0. The number of allylic oxidation sites excluding steroid dienone is 4. The molecule has 16 heavy (non-hydrogen) atoms. The lowest BCUT2D eigenvalue weighted by Crippen LogP contribution is -1.80. The van der Waals surface area contributed by atoms with E-state index < -0.39 is 0 Å². The van der Waals surface area contributed by atoms with Gasteiger partial charge in [-0.1, -0.05) is 49.4 Å². The highest BCUT2D eigenvalue weighted by atomic mass is 14.2. The van der Waals surface area contributed by atoms with Crippen molar-refractivity contribution in [2.45, 2.75) is 27.7 Å². The summed E-state index contributed by atoms with van der Waals surface area (Å²) in [6, 6.07) is 8.65. The maximum Gasteiger partial charge on any atom is -0.00545 e. The van der Waals surface area contributed by atoms with Crippen LogP contribution in [-0.2, 0) is 6.42 Å². The molecule has 0 atom stereocenters. The molecule has 0 radical (unpaired) electrons. The molecular formula is C16H20. The van der Waals surface area contributed by atoms with Gasteiger partial charge in [0, 0.05) is 0 Å². The summed E-state index contributed by atoms with van der Waals surface area (Å²) in [4.78, 5) is 0. The van der Waals surface area contributed by atoms with E-state index in [1.54, 1.807) is 0 Å². The zero-order valence-corrected chi connectivity index (χ0v) is 9.33. The molecule has 2 rings (SSSR count). The van der Waals surface area contributed by atoms with Gasteiger partial charge in [-0.05, 0) is 37.0 Å². The van der Waals surface area contributed by atoms with E-state index in [1.807, 2.05) is 0 Å². The second-order valence-corrected chi connectivity index (χ2v) is 3.53. The number of benzene rings is 1. The van der Waals surface area contributed by atoms with Gasteiger partial charge in [0.05, 0.1) is 0 Å². The highest BCUT2D eigenvalue weighted by Gasteiger charge is 2.15. The van der Waals surface area contributed by atoms with Crippen molar-refractivity contribution in [3.63, 3.8) is 0 Å². The molecule has 0 N–H and O–H groups in total. The van der Waals surface area contributed by atoms with Gasteiger partial charge in [0.15, 0.2) is 0 Å². The average molecular weight is 212 g/mol. The summed E-state index contributed by atoms with van der Waals surface area (Å²) in [6.07, 6.45) is 13.4. The highest BCUT2D eigenvalue weighted by molar-refractivity contribution is 5.82. The van der Waals surface area contributed by atoms with E-state index in [1.165, 1.54) is 22.3 Å². The molecule has 0 amide bonds. The number of rotatable bonds is 1. The molecule has 0 heterocycles. The third-order valence-corrected chi connectivity index (χ3v) is 2.56. The van der Waals surface area contributed by atoms with Gasteiger partial charge in [-0.15, -0.1) is 12.8 Å². The lowest BCUT2D eigenvalue weighted by atomic mass is 10.1. The van der Waals surface area contributed by atoms with Crippen LogP contribution in [0.15, 0.2) is 42.0 Å². The van der Waals surface area contributed by atoms with Crippen molar-refractivity contribution in [3.8, 4) is 12.8 Å². The average Bonchev–Trinajstić information content (AvgIpc) is 2.59. The summed E-state index contributed by atoms with van der Waals surface area (Å²) < 4.78 is 0. The van der Waals surface area contributed by atoms with Crippen LogP contribution in [0.3, 0.4) is 0 Å². The minimum absolute atomic E-state index is 0. The predicted molar refractivity (Wildman–Crippen MR) is 74.2 cm³/mol. The molecule has 1 aliphatic carbocycles. The Labute approximate surface area is 99.7 Å². The third kappa shape index (κ3) is 2.64. The summed E-state index contributed by atoms with van der Waals surface area (Å²) in [5.74, 6) is 0. The first kappa shape index (κ1) is 14.3. The maximum atomic E-state index is 4.00. The van der Waals surface area contributed by atoms with Crippen LogP contribution in [0.5, 0.6) is 0 Å². The monoisotopic (exact) mass is 212 g/mol. The Hall–Kier alpha value is -1.74.